The Kier molecular flexibility index (Phi) is 5.23. The van der Waals surface area contributed by atoms with Gasteiger partial charge in [-0.15, -0.1) is 0 Å². The zero-order valence-corrected chi connectivity index (χ0v) is 9.87. The van der Waals surface area contributed by atoms with Crippen LogP contribution >= 0.6 is 0 Å². The molecule has 1 N–H and O–H groups in total. The fourth-order valence-electron chi connectivity index (χ4n) is 2.09. The molecule has 0 amide bonds. The maximum Gasteiger partial charge on any atom is 0.119 e. The maximum absolute atomic E-state index is 9.81. The lowest BCUT2D eigenvalue weighted by Gasteiger charge is -2.17. The molecule has 0 fully saturated rings. The zero-order chi connectivity index (χ0) is 11.1. The summed E-state index contributed by atoms with van der Waals surface area (Å²) >= 11 is 0. The van der Waals surface area contributed by atoms with Crippen LogP contribution in [0.25, 0.3) is 0 Å². The van der Waals surface area contributed by atoms with Crippen molar-refractivity contribution in [2.75, 3.05) is 0 Å². The summed E-state index contributed by atoms with van der Waals surface area (Å²) in [5, 5.41) is 9.81. The molecule has 1 aromatic carbocycles. The van der Waals surface area contributed by atoms with E-state index in [1.54, 1.807) is 6.07 Å². The Balaban J connectivity index is 2.74. The summed E-state index contributed by atoms with van der Waals surface area (Å²) in [5.74, 6) is 1.00. The number of aromatic hydroxyl groups is 1. The van der Waals surface area contributed by atoms with Gasteiger partial charge in [-0.2, -0.15) is 0 Å². The molecule has 0 radical (unpaired) electrons. The van der Waals surface area contributed by atoms with Gasteiger partial charge in [0.05, 0.1) is 0 Å². The molecule has 0 aromatic heterocycles. The first kappa shape index (κ1) is 12.1. The fourth-order valence-corrected chi connectivity index (χ4v) is 2.09. The van der Waals surface area contributed by atoms with Gasteiger partial charge in [0.1, 0.15) is 5.75 Å². The van der Waals surface area contributed by atoms with E-state index in [9.17, 15) is 5.11 Å². The molecule has 84 valence electrons. The van der Waals surface area contributed by atoms with E-state index >= 15 is 0 Å². The lowest BCUT2D eigenvalue weighted by atomic mass is 9.89. The third kappa shape index (κ3) is 3.58. The van der Waals surface area contributed by atoms with E-state index in [1.807, 2.05) is 12.1 Å². The first-order chi connectivity index (χ1) is 7.29. The van der Waals surface area contributed by atoms with Crippen molar-refractivity contribution in [1.82, 2.24) is 0 Å². The van der Waals surface area contributed by atoms with E-state index < -0.39 is 0 Å². The van der Waals surface area contributed by atoms with Crippen LogP contribution in [0.5, 0.6) is 5.75 Å². The Morgan fingerprint density at radius 1 is 1.07 bits per heavy atom. The molecular formula is C14H22O. The molecule has 0 aliphatic heterocycles. The van der Waals surface area contributed by atoms with Crippen LogP contribution in [0, 0.1) is 0 Å². The van der Waals surface area contributed by atoms with Gasteiger partial charge in [0.25, 0.3) is 0 Å². The first-order valence-electron chi connectivity index (χ1n) is 6.07. The number of hydrogen-bond acceptors (Lipinski definition) is 1. The molecule has 1 aromatic rings. The van der Waals surface area contributed by atoms with Crippen molar-refractivity contribution >= 4 is 0 Å². The van der Waals surface area contributed by atoms with Crippen molar-refractivity contribution < 1.29 is 5.11 Å². The third-order valence-electron chi connectivity index (χ3n) is 2.92. The van der Waals surface area contributed by atoms with Crippen LogP contribution in [-0.2, 0) is 0 Å². The minimum atomic E-state index is 0.465. The highest BCUT2D eigenvalue weighted by atomic mass is 16.3. The van der Waals surface area contributed by atoms with Gasteiger partial charge in [-0.25, -0.2) is 0 Å². The number of phenols is 1. The van der Waals surface area contributed by atoms with Crippen LogP contribution in [0.15, 0.2) is 24.3 Å². The number of rotatable bonds is 6. The van der Waals surface area contributed by atoms with Gasteiger partial charge in [0, 0.05) is 0 Å². The molecule has 0 spiro atoms. The van der Waals surface area contributed by atoms with Crippen LogP contribution in [-0.4, -0.2) is 5.11 Å². The first-order valence-corrected chi connectivity index (χ1v) is 6.07. The Bertz CT molecular complexity index is 280. The van der Waals surface area contributed by atoms with Crippen molar-refractivity contribution in [3.05, 3.63) is 29.8 Å². The number of para-hydroxylation sites is 1. The lowest BCUT2D eigenvalue weighted by molar-refractivity contribution is 0.448. The van der Waals surface area contributed by atoms with Gasteiger partial charge in [-0.05, 0) is 30.4 Å². The topological polar surface area (TPSA) is 20.2 Å². The molecule has 15 heavy (non-hydrogen) atoms. The Labute approximate surface area is 93.1 Å². The summed E-state index contributed by atoms with van der Waals surface area (Å²) in [6.07, 6.45) is 6.04. The second-order valence-electron chi connectivity index (χ2n) is 4.19. The van der Waals surface area contributed by atoms with Crippen molar-refractivity contribution in [3.8, 4) is 5.75 Å². The molecule has 1 heteroatoms. The monoisotopic (exact) mass is 206 g/mol. The maximum atomic E-state index is 9.81. The molecule has 0 saturated heterocycles. The van der Waals surface area contributed by atoms with E-state index in [4.69, 9.17) is 0 Å². The quantitative estimate of drug-likeness (QED) is 0.728. The van der Waals surface area contributed by atoms with E-state index in [2.05, 4.69) is 19.9 Å². The summed E-state index contributed by atoms with van der Waals surface area (Å²) in [5.41, 5.74) is 1.13. The van der Waals surface area contributed by atoms with Crippen molar-refractivity contribution in [1.29, 1.82) is 0 Å². The SMILES string of the molecule is CCCCC(CCC)c1ccccc1O. The minimum Gasteiger partial charge on any atom is -0.508 e. The predicted octanol–water partition coefficient (Wildman–Crippen LogP) is 4.47. The van der Waals surface area contributed by atoms with Crippen LogP contribution in [0.2, 0.25) is 0 Å². The summed E-state index contributed by atoms with van der Waals surface area (Å²) < 4.78 is 0. The number of unbranched alkanes of at least 4 members (excludes halogenated alkanes) is 1. The smallest absolute Gasteiger partial charge is 0.119 e. The molecule has 0 saturated carbocycles. The Morgan fingerprint density at radius 3 is 2.40 bits per heavy atom. The summed E-state index contributed by atoms with van der Waals surface area (Å²) in [6.45, 7) is 4.42. The average Bonchev–Trinajstić information content (AvgIpc) is 2.25. The highest BCUT2D eigenvalue weighted by Gasteiger charge is 2.13. The molecule has 0 aliphatic rings. The highest BCUT2D eigenvalue weighted by molar-refractivity contribution is 5.34. The van der Waals surface area contributed by atoms with Crippen molar-refractivity contribution in [2.45, 2.75) is 51.9 Å². The van der Waals surface area contributed by atoms with Gasteiger partial charge >= 0.3 is 0 Å². The minimum absolute atomic E-state index is 0.465. The van der Waals surface area contributed by atoms with E-state index in [-0.39, 0.29) is 0 Å². The van der Waals surface area contributed by atoms with Crippen LogP contribution in [0.3, 0.4) is 0 Å². The van der Waals surface area contributed by atoms with Gasteiger partial charge in [0.15, 0.2) is 0 Å². The average molecular weight is 206 g/mol. The molecule has 1 atom stereocenters. The van der Waals surface area contributed by atoms with Gasteiger partial charge in [0.2, 0.25) is 0 Å². The van der Waals surface area contributed by atoms with Gasteiger partial charge in [-0.1, -0.05) is 51.3 Å². The second kappa shape index (κ2) is 6.49. The molecule has 0 aliphatic carbocycles. The van der Waals surface area contributed by atoms with E-state index in [0.717, 1.165) is 5.56 Å². The van der Waals surface area contributed by atoms with Crippen LogP contribution < -0.4 is 0 Å². The second-order valence-corrected chi connectivity index (χ2v) is 4.19. The molecule has 1 nitrogen and oxygen atoms in total. The number of phenolic OH excluding ortho intramolecular Hbond substituents is 1. The Morgan fingerprint density at radius 2 is 1.80 bits per heavy atom. The standard InChI is InChI=1S/C14H22O/c1-3-5-9-12(8-4-2)13-10-6-7-11-14(13)15/h6-7,10-12,15H,3-5,8-9H2,1-2H3. The summed E-state index contributed by atoms with van der Waals surface area (Å²) in [6, 6.07) is 7.76. The molecule has 0 heterocycles. The third-order valence-corrected chi connectivity index (χ3v) is 2.92. The molecule has 1 rings (SSSR count). The normalized spacial score (nSPS) is 12.7. The van der Waals surface area contributed by atoms with E-state index in [1.165, 1.54) is 32.1 Å². The van der Waals surface area contributed by atoms with Crippen molar-refractivity contribution in [3.63, 3.8) is 0 Å². The number of benzene rings is 1. The highest BCUT2D eigenvalue weighted by Crippen LogP contribution is 2.32. The lowest BCUT2D eigenvalue weighted by Crippen LogP contribution is -1.99. The number of hydrogen-bond donors (Lipinski definition) is 1. The zero-order valence-electron chi connectivity index (χ0n) is 9.87. The molecule has 1 unspecified atom stereocenters. The van der Waals surface area contributed by atoms with Crippen LogP contribution in [0.1, 0.15) is 57.4 Å². The largest absolute Gasteiger partial charge is 0.508 e. The summed E-state index contributed by atoms with van der Waals surface area (Å²) in [7, 11) is 0. The van der Waals surface area contributed by atoms with Gasteiger partial charge in [-0.3, -0.25) is 0 Å². The van der Waals surface area contributed by atoms with Gasteiger partial charge < -0.3 is 5.11 Å². The van der Waals surface area contributed by atoms with Crippen molar-refractivity contribution in [2.24, 2.45) is 0 Å². The fraction of sp³-hybridized carbons (Fsp3) is 0.571. The van der Waals surface area contributed by atoms with E-state index in [0.29, 0.717) is 11.7 Å². The predicted molar refractivity (Wildman–Crippen MR) is 65.3 cm³/mol. The summed E-state index contributed by atoms with van der Waals surface area (Å²) in [4.78, 5) is 0. The Hall–Kier alpha value is -0.980. The van der Waals surface area contributed by atoms with Crippen LogP contribution in [0.4, 0.5) is 0 Å². The molecule has 0 bridgehead atoms. The molecular weight excluding hydrogens is 184 g/mol.